The molecule has 1 saturated heterocycles. The quantitative estimate of drug-likeness (QED) is 0.207. The van der Waals surface area contributed by atoms with E-state index in [9.17, 15) is 0 Å². The van der Waals surface area contributed by atoms with Gasteiger partial charge in [-0.15, -0.1) is 0 Å². The van der Waals surface area contributed by atoms with Crippen molar-refractivity contribution in [3.8, 4) is 22.8 Å². The Morgan fingerprint density at radius 2 is 1.52 bits per heavy atom. The highest BCUT2D eigenvalue weighted by Crippen LogP contribution is 2.60. The van der Waals surface area contributed by atoms with Gasteiger partial charge in [0.2, 0.25) is 0 Å². The lowest BCUT2D eigenvalue weighted by molar-refractivity contribution is -0.145. The fourth-order valence-corrected chi connectivity index (χ4v) is 6.83. The molecular formula is C37H28N4O3. The van der Waals surface area contributed by atoms with Gasteiger partial charge >= 0.3 is 0 Å². The minimum Gasteiger partial charge on any atom is -0.453 e. The van der Waals surface area contributed by atoms with Crippen molar-refractivity contribution in [3.05, 3.63) is 127 Å². The first-order valence-electron chi connectivity index (χ1n) is 14.8. The molecule has 0 saturated carbocycles. The van der Waals surface area contributed by atoms with Gasteiger partial charge in [-0.25, -0.2) is 0 Å². The standard InChI is InChI=1S/C37H28N4O3/c1-37(2)43-35-28-15-14-26(29-22-38-19-20-39-29)27-16-18-31-34(33(27)28)41(36(35)44-37)30-17-13-25(21-32(30)42-31)40(23-9-5-3-6-10-23)24-11-7-4-8-12-24/h3-22,35-36H,1-2H3/t35?,36-/m0/s1. The molecule has 0 radical (unpaired) electrons. The number of para-hydroxylation sites is 2. The Kier molecular flexibility index (Phi) is 5.39. The Morgan fingerprint density at radius 1 is 0.750 bits per heavy atom. The number of ether oxygens (including phenoxy) is 3. The van der Waals surface area contributed by atoms with Crippen molar-refractivity contribution < 1.29 is 14.2 Å². The van der Waals surface area contributed by atoms with Crippen LogP contribution in [-0.2, 0) is 9.47 Å². The van der Waals surface area contributed by atoms with E-state index in [1.807, 2.05) is 26.0 Å². The largest absolute Gasteiger partial charge is 0.453 e. The Hall–Kier alpha value is -5.24. The average Bonchev–Trinajstić information content (AvgIpc) is 3.39. The van der Waals surface area contributed by atoms with Gasteiger partial charge in [-0.1, -0.05) is 48.5 Å². The Bertz CT molecular complexity index is 2010. The predicted molar refractivity (Wildman–Crippen MR) is 171 cm³/mol. The van der Waals surface area contributed by atoms with Gasteiger partial charge < -0.3 is 24.0 Å². The summed E-state index contributed by atoms with van der Waals surface area (Å²) in [5.41, 5.74) is 7.95. The van der Waals surface area contributed by atoms with Gasteiger partial charge in [-0.2, -0.15) is 0 Å². The van der Waals surface area contributed by atoms with Crippen molar-refractivity contribution >= 4 is 39.2 Å². The van der Waals surface area contributed by atoms with Gasteiger partial charge in [0.05, 0.1) is 23.3 Å². The summed E-state index contributed by atoms with van der Waals surface area (Å²) in [5.74, 6) is 0.771. The fourth-order valence-electron chi connectivity index (χ4n) is 6.83. The van der Waals surface area contributed by atoms with E-state index in [0.29, 0.717) is 0 Å². The normalized spacial score (nSPS) is 18.8. The summed E-state index contributed by atoms with van der Waals surface area (Å²) >= 11 is 0. The van der Waals surface area contributed by atoms with Crippen LogP contribution in [0.1, 0.15) is 25.5 Å². The van der Waals surface area contributed by atoms with Crippen LogP contribution in [0.15, 0.2) is 122 Å². The van der Waals surface area contributed by atoms with Crippen LogP contribution in [0.2, 0.25) is 0 Å². The lowest BCUT2D eigenvalue weighted by atomic mass is 9.88. The van der Waals surface area contributed by atoms with Gasteiger partial charge in [0.1, 0.15) is 6.10 Å². The van der Waals surface area contributed by atoms with Crippen molar-refractivity contribution in [2.75, 3.05) is 9.80 Å². The molecule has 1 fully saturated rings. The maximum atomic E-state index is 6.76. The third-order valence-electron chi connectivity index (χ3n) is 8.57. The maximum absolute atomic E-state index is 6.76. The van der Waals surface area contributed by atoms with Crippen LogP contribution in [0, 0.1) is 0 Å². The highest BCUT2D eigenvalue weighted by atomic mass is 16.8. The molecule has 214 valence electrons. The molecule has 0 spiro atoms. The lowest BCUT2D eigenvalue weighted by Crippen LogP contribution is -2.40. The summed E-state index contributed by atoms with van der Waals surface area (Å²) in [7, 11) is 0. The summed E-state index contributed by atoms with van der Waals surface area (Å²) in [6.07, 6.45) is 4.57. The van der Waals surface area contributed by atoms with Crippen LogP contribution < -0.4 is 14.5 Å². The molecule has 0 N–H and O–H groups in total. The topological polar surface area (TPSA) is 60.0 Å². The summed E-state index contributed by atoms with van der Waals surface area (Å²) in [6.45, 7) is 3.95. The third kappa shape index (κ3) is 3.76. The van der Waals surface area contributed by atoms with Crippen LogP contribution in [0.5, 0.6) is 11.5 Å². The lowest BCUT2D eigenvalue weighted by Gasteiger charge is -2.42. The smallest absolute Gasteiger partial charge is 0.168 e. The molecular weight excluding hydrogens is 548 g/mol. The second kappa shape index (κ2) is 9.38. The fraction of sp³-hybridized carbons (Fsp3) is 0.135. The van der Waals surface area contributed by atoms with Crippen LogP contribution in [0.3, 0.4) is 0 Å². The third-order valence-corrected chi connectivity index (χ3v) is 8.57. The predicted octanol–water partition coefficient (Wildman–Crippen LogP) is 9.17. The molecule has 1 unspecified atom stereocenters. The van der Waals surface area contributed by atoms with Crippen LogP contribution in [0.4, 0.5) is 28.4 Å². The zero-order valence-electron chi connectivity index (χ0n) is 24.2. The molecule has 7 nitrogen and oxygen atoms in total. The molecule has 5 aromatic carbocycles. The number of fused-ring (bicyclic) bond motifs is 5. The molecule has 9 rings (SSSR count). The average molecular weight is 577 g/mol. The van der Waals surface area contributed by atoms with Crippen LogP contribution in [0.25, 0.3) is 22.0 Å². The maximum Gasteiger partial charge on any atom is 0.168 e. The minimum atomic E-state index is -0.761. The number of benzene rings is 5. The van der Waals surface area contributed by atoms with Crippen LogP contribution in [-0.4, -0.2) is 22.0 Å². The second-order valence-electron chi connectivity index (χ2n) is 11.7. The van der Waals surface area contributed by atoms with E-state index in [1.54, 1.807) is 18.6 Å². The van der Waals surface area contributed by atoms with Crippen molar-refractivity contribution in [2.45, 2.75) is 32.0 Å². The van der Waals surface area contributed by atoms with Crippen molar-refractivity contribution in [1.82, 2.24) is 9.97 Å². The van der Waals surface area contributed by atoms with Gasteiger partial charge in [0, 0.05) is 46.5 Å². The van der Waals surface area contributed by atoms with E-state index in [1.165, 1.54) is 0 Å². The Labute approximate surface area is 254 Å². The van der Waals surface area contributed by atoms with Crippen molar-refractivity contribution in [1.29, 1.82) is 0 Å². The Balaban J connectivity index is 1.25. The highest BCUT2D eigenvalue weighted by molar-refractivity contribution is 6.10. The molecule has 3 aliphatic heterocycles. The molecule has 6 aromatic rings. The number of hydrogen-bond acceptors (Lipinski definition) is 7. The van der Waals surface area contributed by atoms with Crippen molar-refractivity contribution in [3.63, 3.8) is 0 Å². The van der Waals surface area contributed by atoms with E-state index >= 15 is 0 Å². The van der Waals surface area contributed by atoms with E-state index in [4.69, 9.17) is 14.2 Å². The summed E-state index contributed by atoms with van der Waals surface area (Å²) < 4.78 is 20.0. The molecule has 44 heavy (non-hydrogen) atoms. The van der Waals surface area contributed by atoms with Gasteiger partial charge in [0.15, 0.2) is 23.5 Å². The van der Waals surface area contributed by atoms with E-state index in [-0.39, 0.29) is 12.3 Å². The first-order valence-corrected chi connectivity index (χ1v) is 14.8. The Morgan fingerprint density at radius 3 is 2.25 bits per heavy atom. The molecule has 7 heteroatoms. The second-order valence-corrected chi connectivity index (χ2v) is 11.7. The zero-order chi connectivity index (χ0) is 29.4. The van der Waals surface area contributed by atoms with Crippen molar-refractivity contribution in [2.24, 2.45) is 0 Å². The highest BCUT2D eigenvalue weighted by Gasteiger charge is 2.51. The van der Waals surface area contributed by atoms with Gasteiger partial charge in [-0.05, 0) is 73.3 Å². The molecule has 4 heterocycles. The molecule has 0 bridgehead atoms. The molecule has 3 aliphatic rings. The van der Waals surface area contributed by atoms with E-state index in [0.717, 1.165) is 67.5 Å². The summed E-state index contributed by atoms with van der Waals surface area (Å²) in [4.78, 5) is 13.4. The number of anilines is 5. The first kappa shape index (κ1) is 25.3. The minimum absolute atomic E-state index is 0.290. The van der Waals surface area contributed by atoms with Gasteiger partial charge in [0.25, 0.3) is 0 Å². The monoisotopic (exact) mass is 576 g/mol. The van der Waals surface area contributed by atoms with E-state index < -0.39 is 5.79 Å². The zero-order valence-corrected chi connectivity index (χ0v) is 24.2. The molecule has 0 aliphatic carbocycles. The van der Waals surface area contributed by atoms with E-state index in [2.05, 4.69) is 111 Å². The number of nitrogens with zero attached hydrogens (tertiary/aromatic N) is 4. The molecule has 1 aromatic heterocycles. The molecule has 0 amide bonds. The SMILES string of the molecule is CC1(C)OC2c3ccc(-c4cnccn4)c4ccc5c(c34)N(c3ccc(N(c4ccccc4)c4ccccc4)cc3O5)[C@H]2O1. The number of aromatic nitrogens is 2. The van der Waals surface area contributed by atoms with Gasteiger partial charge in [-0.3, -0.25) is 9.97 Å². The van der Waals surface area contributed by atoms with Crippen LogP contribution >= 0.6 is 0 Å². The summed E-state index contributed by atoms with van der Waals surface area (Å²) in [6, 6.07) is 35.6. The number of rotatable bonds is 4. The molecule has 2 atom stereocenters. The first-order chi connectivity index (χ1) is 21.6. The summed E-state index contributed by atoms with van der Waals surface area (Å²) in [5, 5.41) is 2.15. The number of hydrogen-bond donors (Lipinski definition) is 0.